The predicted octanol–water partition coefficient (Wildman–Crippen LogP) is 3.77. The summed E-state index contributed by atoms with van der Waals surface area (Å²) in [7, 11) is 0. The number of fused-ring (bicyclic) bond motifs is 1. The Morgan fingerprint density at radius 3 is 2.66 bits per heavy atom. The Morgan fingerprint density at radius 1 is 1.17 bits per heavy atom. The smallest absolute Gasteiger partial charge is 0.435 e. The van der Waals surface area contributed by atoms with Crippen LogP contribution in [0.4, 0.5) is 10.7 Å². The molecule has 3 aromatic rings. The maximum absolute atomic E-state index is 12.5. The van der Waals surface area contributed by atoms with Gasteiger partial charge in [-0.25, -0.2) is 14.8 Å². The van der Waals surface area contributed by atoms with Crippen LogP contribution < -0.4 is 4.90 Å². The van der Waals surface area contributed by atoms with Crippen LogP contribution in [0.15, 0.2) is 30.5 Å². The van der Waals surface area contributed by atoms with Crippen molar-refractivity contribution in [1.82, 2.24) is 19.7 Å². The third-order valence-corrected chi connectivity index (χ3v) is 4.60. The molecule has 0 unspecified atom stereocenters. The Bertz CT molecular complexity index is 1050. The second kappa shape index (κ2) is 7.61. The lowest BCUT2D eigenvalue weighted by molar-refractivity contribution is 0.0523. The molecule has 9 heteroatoms. The van der Waals surface area contributed by atoms with Crippen molar-refractivity contribution >= 4 is 34.5 Å². The van der Waals surface area contributed by atoms with E-state index in [-0.39, 0.29) is 0 Å². The molecule has 1 aliphatic heterocycles. The minimum atomic E-state index is -0.611. The number of morpholine rings is 1. The fraction of sp³-hybridized carbons (Fsp3) is 0.400. The summed E-state index contributed by atoms with van der Waals surface area (Å²) in [5, 5.41) is 5.37. The Labute approximate surface area is 173 Å². The second-order valence-electron chi connectivity index (χ2n) is 7.79. The van der Waals surface area contributed by atoms with Gasteiger partial charge in [0.15, 0.2) is 0 Å². The summed E-state index contributed by atoms with van der Waals surface area (Å²) in [5.74, 6) is 0.566. The lowest BCUT2D eigenvalue weighted by Gasteiger charge is -2.27. The highest BCUT2D eigenvalue weighted by molar-refractivity contribution is 6.29. The molecule has 3 heterocycles. The maximum Gasteiger partial charge on any atom is 0.435 e. The molecule has 8 nitrogen and oxygen atoms in total. The van der Waals surface area contributed by atoms with Crippen LogP contribution in [0.3, 0.4) is 0 Å². The number of carbonyl (C=O) groups excluding carboxylic acids is 1. The van der Waals surface area contributed by atoms with Gasteiger partial charge in [-0.15, -0.1) is 0 Å². The zero-order valence-electron chi connectivity index (χ0n) is 16.6. The van der Waals surface area contributed by atoms with Crippen molar-refractivity contribution < 1.29 is 14.3 Å². The summed E-state index contributed by atoms with van der Waals surface area (Å²) < 4.78 is 12.1. The zero-order valence-corrected chi connectivity index (χ0v) is 17.3. The molecule has 4 rings (SSSR count). The molecule has 0 bridgehead atoms. The van der Waals surface area contributed by atoms with Crippen molar-refractivity contribution in [2.75, 3.05) is 31.2 Å². The molecule has 1 aliphatic rings. The van der Waals surface area contributed by atoms with Gasteiger partial charge < -0.3 is 14.4 Å². The van der Waals surface area contributed by atoms with Gasteiger partial charge in [0.1, 0.15) is 10.8 Å². The van der Waals surface area contributed by atoms with Gasteiger partial charge in [-0.3, -0.25) is 0 Å². The van der Waals surface area contributed by atoms with E-state index in [1.54, 1.807) is 12.3 Å². The van der Waals surface area contributed by atoms with E-state index < -0.39 is 11.7 Å². The molecule has 0 N–H and O–H groups in total. The van der Waals surface area contributed by atoms with Gasteiger partial charge in [-0.2, -0.15) is 9.78 Å². The zero-order chi connectivity index (χ0) is 20.6. The molecule has 0 amide bonds. The summed E-state index contributed by atoms with van der Waals surface area (Å²) in [5.41, 5.74) is 1.51. The predicted molar refractivity (Wildman–Crippen MR) is 110 cm³/mol. The van der Waals surface area contributed by atoms with E-state index >= 15 is 0 Å². The number of halogens is 1. The first-order chi connectivity index (χ1) is 13.8. The molecule has 29 heavy (non-hydrogen) atoms. The van der Waals surface area contributed by atoms with Crippen molar-refractivity contribution in [2.24, 2.45) is 0 Å². The summed E-state index contributed by atoms with van der Waals surface area (Å²) in [4.78, 5) is 23.6. The van der Waals surface area contributed by atoms with Crippen LogP contribution >= 0.6 is 11.6 Å². The number of hydrogen-bond donors (Lipinski definition) is 0. The molecule has 2 aromatic heterocycles. The van der Waals surface area contributed by atoms with Gasteiger partial charge in [0.25, 0.3) is 0 Å². The molecule has 0 atom stereocenters. The number of nitrogens with zero attached hydrogens (tertiary/aromatic N) is 5. The third-order valence-electron chi connectivity index (χ3n) is 4.41. The summed E-state index contributed by atoms with van der Waals surface area (Å²) in [6, 6.07) is 7.38. The number of hydrogen-bond acceptors (Lipinski definition) is 7. The molecular weight excluding hydrogens is 394 g/mol. The van der Waals surface area contributed by atoms with Gasteiger partial charge in [0.05, 0.1) is 30.6 Å². The van der Waals surface area contributed by atoms with Gasteiger partial charge >= 0.3 is 6.09 Å². The van der Waals surface area contributed by atoms with E-state index in [4.69, 9.17) is 21.1 Å². The highest BCUT2D eigenvalue weighted by Gasteiger charge is 2.21. The first-order valence-electron chi connectivity index (χ1n) is 9.39. The largest absolute Gasteiger partial charge is 0.442 e. The first kappa shape index (κ1) is 19.6. The molecule has 1 aromatic carbocycles. The number of rotatable bonds is 2. The fourth-order valence-electron chi connectivity index (χ4n) is 3.09. The van der Waals surface area contributed by atoms with E-state index in [0.717, 1.165) is 10.9 Å². The van der Waals surface area contributed by atoms with Gasteiger partial charge in [0, 0.05) is 30.1 Å². The topological polar surface area (TPSA) is 82.4 Å². The number of aromatic nitrogens is 4. The molecule has 1 fully saturated rings. The number of carbonyl (C=O) groups is 1. The van der Waals surface area contributed by atoms with E-state index in [1.807, 2.05) is 43.9 Å². The van der Waals surface area contributed by atoms with E-state index in [9.17, 15) is 4.79 Å². The highest BCUT2D eigenvalue weighted by atomic mass is 35.5. The maximum atomic E-state index is 12.5. The standard InChI is InChI=1S/C20H22ClN5O3/c1-20(2,3)29-19(27)26-16-10-13(4-5-14(16)12-22-26)15-11-17(21)24-18(23-15)25-6-8-28-9-7-25/h4-5,10-12H,6-9H2,1-3H3. The minimum Gasteiger partial charge on any atom is -0.442 e. The van der Waals surface area contributed by atoms with Crippen molar-refractivity contribution in [3.63, 3.8) is 0 Å². The number of ether oxygens (including phenoxy) is 2. The molecular formula is C20H22ClN5O3. The number of benzene rings is 1. The summed E-state index contributed by atoms with van der Waals surface area (Å²) >= 11 is 6.27. The lowest BCUT2D eigenvalue weighted by atomic mass is 10.1. The Balaban J connectivity index is 1.72. The van der Waals surface area contributed by atoms with Crippen LogP contribution in [0.2, 0.25) is 5.15 Å². The van der Waals surface area contributed by atoms with Crippen molar-refractivity contribution in [2.45, 2.75) is 26.4 Å². The van der Waals surface area contributed by atoms with Crippen LogP contribution in [0.5, 0.6) is 0 Å². The molecule has 0 spiro atoms. The second-order valence-corrected chi connectivity index (χ2v) is 8.17. The average molecular weight is 416 g/mol. The SMILES string of the molecule is CC(C)(C)OC(=O)n1ncc2ccc(-c3cc(Cl)nc(N4CCOCC4)n3)cc21. The Kier molecular flexibility index (Phi) is 5.14. The Hall–Kier alpha value is -2.71. The molecule has 152 valence electrons. The first-order valence-corrected chi connectivity index (χ1v) is 9.77. The monoisotopic (exact) mass is 415 g/mol. The molecule has 0 radical (unpaired) electrons. The summed E-state index contributed by atoms with van der Waals surface area (Å²) in [6.07, 6.45) is 1.11. The van der Waals surface area contributed by atoms with Crippen molar-refractivity contribution in [3.05, 3.63) is 35.6 Å². The van der Waals surface area contributed by atoms with E-state index in [0.29, 0.717) is 48.6 Å². The fourth-order valence-corrected chi connectivity index (χ4v) is 3.27. The van der Waals surface area contributed by atoms with Gasteiger partial charge in [-0.1, -0.05) is 23.7 Å². The van der Waals surface area contributed by atoms with E-state index in [2.05, 4.69) is 15.1 Å². The average Bonchev–Trinajstić information content (AvgIpc) is 3.10. The molecule has 1 saturated heterocycles. The van der Waals surface area contributed by atoms with Crippen molar-refractivity contribution in [3.8, 4) is 11.3 Å². The van der Waals surface area contributed by atoms with Gasteiger partial charge in [-0.05, 0) is 26.8 Å². The van der Waals surface area contributed by atoms with Crippen molar-refractivity contribution in [1.29, 1.82) is 0 Å². The summed E-state index contributed by atoms with van der Waals surface area (Å²) in [6.45, 7) is 8.14. The van der Waals surface area contributed by atoms with Gasteiger partial charge in [0.2, 0.25) is 5.95 Å². The Morgan fingerprint density at radius 2 is 1.93 bits per heavy atom. The highest BCUT2D eigenvalue weighted by Crippen LogP contribution is 2.27. The molecule has 0 aliphatic carbocycles. The quantitative estimate of drug-likeness (QED) is 0.589. The van der Waals surface area contributed by atoms with Crippen LogP contribution in [0.25, 0.3) is 22.2 Å². The van der Waals surface area contributed by atoms with Crippen LogP contribution in [-0.4, -0.2) is 57.7 Å². The minimum absolute atomic E-state index is 0.359. The number of anilines is 1. The molecule has 0 saturated carbocycles. The van der Waals surface area contributed by atoms with Crippen LogP contribution in [0, 0.1) is 0 Å². The van der Waals surface area contributed by atoms with Crippen LogP contribution in [-0.2, 0) is 9.47 Å². The lowest BCUT2D eigenvalue weighted by Crippen LogP contribution is -2.37. The normalized spacial score (nSPS) is 15.0. The van der Waals surface area contributed by atoms with E-state index in [1.165, 1.54) is 4.68 Å². The van der Waals surface area contributed by atoms with Crippen LogP contribution in [0.1, 0.15) is 20.8 Å². The third kappa shape index (κ3) is 4.33.